The van der Waals surface area contributed by atoms with Crippen LogP contribution in [0.4, 0.5) is 4.39 Å². The van der Waals surface area contributed by atoms with Gasteiger partial charge in [0.2, 0.25) is 5.90 Å². The number of rotatable bonds is 3. The standard InChI is InChI=1S/C23H20FN3O/c1-23(2)12-18(10-15-6-4-3-5-7-15)27-22(28-23)17-11-16-8-9-20(24)19(13-25)21(16)26-14-17/h3-9,11,14,18H,10,12H2,1-2H3. The first-order valence-electron chi connectivity index (χ1n) is 9.25. The van der Waals surface area contributed by atoms with Crippen LogP contribution >= 0.6 is 0 Å². The highest BCUT2D eigenvalue weighted by Gasteiger charge is 2.32. The van der Waals surface area contributed by atoms with Crippen LogP contribution in [0.1, 0.15) is 37.0 Å². The SMILES string of the molecule is CC1(C)CC(Cc2ccccc2)N=C(c2cnc3c(C#N)c(F)ccc3c2)O1. The van der Waals surface area contributed by atoms with Gasteiger partial charge in [-0.2, -0.15) is 5.26 Å². The first-order valence-corrected chi connectivity index (χ1v) is 9.25. The second-order valence-corrected chi connectivity index (χ2v) is 7.67. The molecule has 0 saturated heterocycles. The molecule has 28 heavy (non-hydrogen) atoms. The molecule has 0 aliphatic carbocycles. The van der Waals surface area contributed by atoms with Crippen LogP contribution in [-0.2, 0) is 11.2 Å². The number of ether oxygens (including phenoxy) is 1. The fraction of sp³-hybridized carbons (Fsp3) is 0.261. The molecule has 2 heterocycles. The van der Waals surface area contributed by atoms with Crippen molar-refractivity contribution in [1.82, 2.24) is 4.98 Å². The van der Waals surface area contributed by atoms with Crippen LogP contribution in [0, 0.1) is 17.1 Å². The van der Waals surface area contributed by atoms with Gasteiger partial charge in [-0.1, -0.05) is 30.3 Å². The van der Waals surface area contributed by atoms with Crippen molar-refractivity contribution in [2.45, 2.75) is 38.3 Å². The van der Waals surface area contributed by atoms with Crippen molar-refractivity contribution >= 4 is 16.8 Å². The molecule has 0 spiro atoms. The predicted molar refractivity (Wildman–Crippen MR) is 107 cm³/mol. The van der Waals surface area contributed by atoms with Crippen LogP contribution < -0.4 is 0 Å². The van der Waals surface area contributed by atoms with E-state index in [0.29, 0.717) is 16.8 Å². The van der Waals surface area contributed by atoms with Crippen molar-refractivity contribution in [3.05, 3.63) is 77.2 Å². The van der Waals surface area contributed by atoms with Crippen LogP contribution in [0.2, 0.25) is 0 Å². The van der Waals surface area contributed by atoms with E-state index in [0.717, 1.165) is 18.4 Å². The highest BCUT2D eigenvalue weighted by Crippen LogP contribution is 2.29. The molecule has 1 aromatic heterocycles. The van der Waals surface area contributed by atoms with Crippen molar-refractivity contribution in [2.75, 3.05) is 0 Å². The lowest BCUT2D eigenvalue weighted by Crippen LogP contribution is -2.38. The van der Waals surface area contributed by atoms with Gasteiger partial charge in [-0.15, -0.1) is 0 Å². The molecule has 0 radical (unpaired) electrons. The molecule has 0 N–H and O–H groups in total. The number of hydrogen-bond acceptors (Lipinski definition) is 4. The second-order valence-electron chi connectivity index (χ2n) is 7.67. The van der Waals surface area contributed by atoms with Crippen molar-refractivity contribution in [3.8, 4) is 6.07 Å². The van der Waals surface area contributed by atoms with Crippen LogP contribution in [0.3, 0.4) is 0 Å². The summed E-state index contributed by atoms with van der Waals surface area (Å²) in [6.45, 7) is 4.11. The highest BCUT2D eigenvalue weighted by atomic mass is 19.1. The summed E-state index contributed by atoms with van der Waals surface area (Å²) in [5, 5.41) is 9.88. The molecular formula is C23H20FN3O. The van der Waals surface area contributed by atoms with Gasteiger partial charge >= 0.3 is 0 Å². The van der Waals surface area contributed by atoms with Crippen molar-refractivity contribution < 1.29 is 9.13 Å². The minimum atomic E-state index is -0.564. The second kappa shape index (κ2) is 7.05. The van der Waals surface area contributed by atoms with E-state index in [2.05, 4.69) is 31.0 Å². The molecule has 1 aliphatic heterocycles. The summed E-state index contributed by atoms with van der Waals surface area (Å²) in [5.41, 5.74) is 1.92. The van der Waals surface area contributed by atoms with E-state index in [-0.39, 0.29) is 17.2 Å². The fourth-order valence-corrected chi connectivity index (χ4v) is 3.65. The van der Waals surface area contributed by atoms with Gasteiger partial charge in [0.15, 0.2) is 0 Å². The summed E-state index contributed by atoms with van der Waals surface area (Å²) in [7, 11) is 0. The third kappa shape index (κ3) is 3.59. The van der Waals surface area contributed by atoms with E-state index in [4.69, 9.17) is 9.73 Å². The summed E-state index contributed by atoms with van der Waals surface area (Å²) in [4.78, 5) is 9.15. The lowest BCUT2D eigenvalue weighted by Gasteiger charge is -2.34. The smallest absolute Gasteiger partial charge is 0.218 e. The Labute approximate surface area is 163 Å². The molecule has 2 aromatic carbocycles. The van der Waals surface area contributed by atoms with Gasteiger partial charge in [-0.05, 0) is 44.0 Å². The first kappa shape index (κ1) is 18.1. The summed E-state index contributed by atoms with van der Waals surface area (Å²) in [6.07, 6.45) is 3.25. The number of nitriles is 1. The van der Waals surface area contributed by atoms with E-state index >= 15 is 0 Å². The molecule has 5 heteroatoms. The molecule has 0 bridgehead atoms. The molecule has 1 aliphatic rings. The number of aliphatic imine (C=N–C) groups is 1. The molecule has 1 atom stereocenters. The Morgan fingerprint density at radius 3 is 2.75 bits per heavy atom. The average molecular weight is 373 g/mol. The Morgan fingerprint density at radius 1 is 1.21 bits per heavy atom. The Hall–Kier alpha value is -3.26. The monoisotopic (exact) mass is 373 g/mol. The van der Waals surface area contributed by atoms with Gasteiger partial charge in [0.1, 0.15) is 23.1 Å². The summed E-state index contributed by atoms with van der Waals surface area (Å²) >= 11 is 0. The summed E-state index contributed by atoms with van der Waals surface area (Å²) in [5.74, 6) is -0.0278. The quantitative estimate of drug-likeness (QED) is 0.662. The van der Waals surface area contributed by atoms with E-state index in [1.54, 1.807) is 12.3 Å². The number of benzene rings is 2. The fourth-order valence-electron chi connectivity index (χ4n) is 3.65. The third-order valence-electron chi connectivity index (χ3n) is 4.87. The average Bonchev–Trinajstić information content (AvgIpc) is 2.67. The van der Waals surface area contributed by atoms with Crippen molar-refractivity contribution in [1.29, 1.82) is 5.26 Å². The number of aromatic nitrogens is 1. The van der Waals surface area contributed by atoms with Crippen molar-refractivity contribution in [2.24, 2.45) is 4.99 Å². The van der Waals surface area contributed by atoms with Crippen LogP contribution in [-0.4, -0.2) is 22.5 Å². The number of fused-ring (bicyclic) bond motifs is 1. The Kier molecular flexibility index (Phi) is 4.56. The predicted octanol–water partition coefficient (Wildman–Crippen LogP) is 4.80. The zero-order valence-electron chi connectivity index (χ0n) is 15.8. The van der Waals surface area contributed by atoms with E-state index in [1.165, 1.54) is 11.6 Å². The maximum atomic E-state index is 13.8. The van der Waals surface area contributed by atoms with E-state index in [9.17, 15) is 9.65 Å². The van der Waals surface area contributed by atoms with Gasteiger partial charge in [0.25, 0.3) is 0 Å². The highest BCUT2D eigenvalue weighted by molar-refractivity contribution is 5.98. The molecule has 0 fully saturated rings. The molecule has 0 amide bonds. The van der Waals surface area contributed by atoms with Gasteiger partial charge < -0.3 is 4.74 Å². The normalized spacial score (nSPS) is 18.2. The lowest BCUT2D eigenvalue weighted by molar-refractivity contribution is 0.0634. The van der Waals surface area contributed by atoms with E-state index < -0.39 is 5.82 Å². The molecule has 140 valence electrons. The zero-order chi connectivity index (χ0) is 19.7. The van der Waals surface area contributed by atoms with Crippen molar-refractivity contribution in [3.63, 3.8) is 0 Å². The first-order chi connectivity index (χ1) is 13.4. The number of nitrogens with zero attached hydrogens (tertiary/aromatic N) is 3. The minimum Gasteiger partial charge on any atom is -0.471 e. The molecule has 3 aromatic rings. The third-order valence-corrected chi connectivity index (χ3v) is 4.87. The van der Waals surface area contributed by atoms with Crippen LogP contribution in [0.5, 0.6) is 0 Å². The Balaban J connectivity index is 1.72. The zero-order valence-corrected chi connectivity index (χ0v) is 15.8. The van der Waals surface area contributed by atoms with Gasteiger partial charge in [0, 0.05) is 18.0 Å². The number of hydrogen-bond donors (Lipinski definition) is 0. The van der Waals surface area contributed by atoms with Gasteiger partial charge in [0.05, 0.1) is 17.1 Å². The Bertz CT molecular complexity index is 1100. The Morgan fingerprint density at radius 2 is 2.00 bits per heavy atom. The van der Waals surface area contributed by atoms with Crippen LogP contribution in [0.15, 0.2) is 59.7 Å². The molecule has 4 nitrogen and oxygen atoms in total. The molecular weight excluding hydrogens is 353 g/mol. The number of halogens is 1. The van der Waals surface area contributed by atoms with Gasteiger partial charge in [-0.3, -0.25) is 4.98 Å². The van der Waals surface area contributed by atoms with Gasteiger partial charge in [-0.25, -0.2) is 9.38 Å². The van der Waals surface area contributed by atoms with E-state index in [1.807, 2.05) is 30.3 Å². The molecule has 4 rings (SSSR count). The molecule has 1 unspecified atom stereocenters. The van der Waals surface area contributed by atoms with Crippen LogP contribution in [0.25, 0.3) is 10.9 Å². The summed E-state index contributed by atoms with van der Waals surface area (Å²) in [6, 6.07) is 17.0. The topological polar surface area (TPSA) is 58.3 Å². The largest absolute Gasteiger partial charge is 0.471 e. The molecule has 0 saturated carbocycles. The maximum absolute atomic E-state index is 13.8. The minimum absolute atomic E-state index is 0.0437. The lowest BCUT2D eigenvalue weighted by atomic mass is 9.93. The number of pyridine rings is 1. The summed E-state index contributed by atoms with van der Waals surface area (Å²) < 4.78 is 20.0. The maximum Gasteiger partial charge on any atom is 0.218 e.